The number of hydrogen-bond acceptors (Lipinski definition) is 4. The molecule has 0 bridgehead atoms. The summed E-state index contributed by atoms with van der Waals surface area (Å²) < 4.78 is 5.24. The quantitative estimate of drug-likeness (QED) is 0.855. The second kappa shape index (κ2) is 6.89. The molecule has 1 aliphatic rings. The Hall–Kier alpha value is -1.59. The summed E-state index contributed by atoms with van der Waals surface area (Å²) in [6, 6.07) is 6.70. The van der Waals surface area contributed by atoms with E-state index >= 15 is 0 Å². The number of aliphatic imine (C=N–C) groups is 1. The van der Waals surface area contributed by atoms with E-state index in [0.29, 0.717) is 6.61 Å². The predicted molar refractivity (Wildman–Crippen MR) is 97.3 cm³/mol. The molecular formula is C18H23N3OS. The van der Waals surface area contributed by atoms with Crippen LogP contribution in [0.3, 0.4) is 0 Å². The summed E-state index contributed by atoms with van der Waals surface area (Å²) >= 11 is 1.68. The summed E-state index contributed by atoms with van der Waals surface area (Å²) in [7, 11) is 1.74. The maximum absolute atomic E-state index is 5.24. The molecule has 0 spiro atoms. The molecule has 122 valence electrons. The van der Waals surface area contributed by atoms with Crippen molar-refractivity contribution in [2.24, 2.45) is 4.99 Å². The maximum atomic E-state index is 5.24. The van der Waals surface area contributed by atoms with Gasteiger partial charge in [-0.15, -0.1) is 0 Å². The fourth-order valence-corrected chi connectivity index (χ4v) is 3.99. The Balaban J connectivity index is 2.03. The molecule has 1 aromatic carbocycles. The van der Waals surface area contributed by atoms with Gasteiger partial charge in [0.25, 0.3) is 0 Å². The zero-order valence-electron chi connectivity index (χ0n) is 14.2. The molecule has 2 heterocycles. The number of thioether (sulfide) groups is 1. The summed E-state index contributed by atoms with van der Waals surface area (Å²) in [4.78, 5) is 11.9. The number of fused-ring (bicyclic) bond motifs is 2. The Labute approximate surface area is 142 Å². The molecule has 0 saturated heterocycles. The summed E-state index contributed by atoms with van der Waals surface area (Å²) in [5, 5.41) is 3.36. The lowest BCUT2D eigenvalue weighted by atomic mass is 10.1. The minimum atomic E-state index is 0.706. The smallest absolute Gasteiger partial charge is 0.165 e. The van der Waals surface area contributed by atoms with E-state index in [-0.39, 0.29) is 0 Å². The number of aromatic nitrogens is 1. The van der Waals surface area contributed by atoms with Gasteiger partial charge in [0.2, 0.25) is 0 Å². The summed E-state index contributed by atoms with van der Waals surface area (Å²) in [6.07, 6.45) is 0. The van der Waals surface area contributed by atoms with Crippen LogP contribution in [0.5, 0.6) is 0 Å². The molecule has 1 aliphatic heterocycles. The number of benzene rings is 1. The number of rotatable bonds is 4. The van der Waals surface area contributed by atoms with Gasteiger partial charge in [-0.2, -0.15) is 0 Å². The summed E-state index contributed by atoms with van der Waals surface area (Å²) in [5.41, 5.74) is 4.89. The molecule has 2 aromatic rings. The van der Waals surface area contributed by atoms with Crippen LogP contribution >= 0.6 is 11.8 Å². The minimum Gasteiger partial charge on any atom is -0.383 e. The van der Waals surface area contributed by atoms with E-state index in [0.717, 1.165) is 35.3 Å². The molecule has 0 radical (unpaired) electrons. The predicted octanol–water partition coefficient (Wildman–Crippen LogP) is 3.78. The van der Waals surface area contributed by atoms with Crippen molar-refractivity contribution in [2.75, 3.05) is 26.8 Å². The number of hydrogen-bond donors (Lipinski definition) is 0. The van der Waals surface area contributed by atoms with Gasteiger partial charge < -0.3 is 9.64 Å². The van der Waals surface area contributed by atoms with Gasteiger partial charge in [-0.25, -0.2) is 4.98 Å². The number of ether oxygens (including phenoxy) is 1. The van der Waals surface area contributed by atoms with Gasteiger partial charge in [-0.3, -0.25) is 4.99 Å². The molecule has 4 nitrogen and oxygen atoms in total. The van der Waals surface area contributed by atoms with E-state index < -0.39 is 0 Å². The van der Waals surface area contributed by atoms with Gasteiger partial charge in [-0.1, -0.05) is 11.6 Å². The van der Waals surface area contributed by atoms with Crippen LogP contribution in [0.4, 0.5) is 0 Å². The van der Waals surface area contributed by atoms with Crippen LogP contribution in [-0.4, -0.2) is 41.9 Å². The summed E-state index contributed by atoms with van der Waals surface area (Å²) in [6.45, 7) is 9.53. The Morgan fingerprint density at radius 1 is 1.30 bits per heavy atom. The maximum Gasteiger partial charge on any atom is 0.165 e. The van der Waals surface area contributed by atoms with Crippen molar-refractivity contribution in [3.8, 4) is 0 Å². The highest BCUT2D eigenvalue weighted by molar-refractivity contribution is 8.13. The largest absolute Gasteiger partial charge is 0.383 e. The number of pyridine rings is 1. The third-order valence-electron chi connectivity index (χ3n) is 3.97. The van der Waals surface area contributed by atoms with Crippen molar-refractivity contribution >= 4 is 27.8 Å². The van der Waals surface area contributed by atoms with Crippen LogP contribution in [0.2, 0.25) is 0 Å². The molecule has 0 saturated carbocycles. The average molecular weight is 329 g/mol. The van der Waals surface area contributed by atoms with Gasteiger partial charge in [0.15, 0.2) is 5.17 Å². The SMILES string of the molecule is CCN=C1Sc2nc3c(C)cc(C)cc3cc2CN1CCOC. The summed E-state index contributed by atoms with van der Waals surface area (Å²) in [5.74, 6) is 0. The van der Waals surface area contributed by atoms with Crippen molar-refractivity contribution in [1.29, 1.82) is 0 Å². The van der Waals surface area contributed by atoms with Gasteiger partial charge in [-0.05, 0) is 50.2 Å². The molecule has 0 unspecified atom stereocenters. The van der Waals surface area contributed by atoms with Crippen LogP contribution in [0, 0.1) is 13.8 Å². The molecule has 3 rings (SSSR count). The molecular weight excluding hydrogens is 306 g/mol. The minimum absolute atomic E-state index is 0.706. The van der Waals surface area contributed by atoms with Crippen molar-refractivity contribution < 1.29 is 4.74 Å². The average Bonchev–Trinajstić information content (AvgIpc) is 2.51. The monoisotopic (exact) mass is 329 g/mol. The molecule has 5 heteroatoms. The van der Waals surface area contributed by atoms with E-state index in [9.17, 15) is 0 Å². The topological polar surface area (TPSA) is 37.7 Å². The Kier molecular flexibility index (Phi) is 4.87. The number of nitrogens with zero attached hydrogens (tertiary/aromatic N) is 3. The second-order valence-corrected chi connectivity index (χ2v) is 6.84. The zero-order valence-corrected chi connectivity index (χ0v) is 15.0. The third kappa shape index (κ3) is 3.35. The van der Waals surface area contributed by atoms with Crippen molar-refractivity contribution in [2.45, 2.75) is 32.3 Å². The third-order valence-corrected chi connectivity index (χ3v) is 5.09. The molecule has 0 atom stereocenters. The van der Waals surface area contributed by atoms with Crippen molar-refractivity contribution in [3.63, 3.8) is 0 Å². The Bertz CT molecular complexity index is 758. The second-order valence-electron chi connectivity index (χ2n) is 5.88. The van der Waals surface area contributed by atoms with E-state index in [4.69, 9.17) is 9.72 Å². The zero-order chi connectivity index (χ0) is 16.4. The standard InChI is InChI=1S/C18H23N3OS/c1-5-19-18-21(6-7-22-4)11-15-10-14-9-12(2)8-13(3)16(14)20-17(15)23-18/h8-10H,5-7,11H2,1-4H3. The normalized spacial score (nSPS) is 16.2. The molecule has 23 heavy (non-hydrogen) atoms. The highest BCUT2D eigenvalue weighted by atomic mass is 32.2. The number of aryl methyl sites for hydroxylation is 2. The molecule has 1 aromatic heterocycles. The molecule has 0 N–H and O–H groups in total. The fourth-order valence-electron chi connectivity index (χ4n) is 2.95. The Morgan fingerprint density at radius 3 is 2.87 bits per heavy atom. The van der Waals surface area contributed by atoms with Crippen LogP contribution in [0.1, 0.15) is 23.6 Å². The van der Waals surface area contributed by atoms with E-state index in [2.05, 4.69) is 48.9 Å². The molecule has 0 fully saturated rings. The Morgan fingerprint density at radius 2 is 2.13 bits per heavy atom. The lowest BCUT2D eigenvalue weighted by Gasteiger charge is -2.30. The number of methoxy groups -OCH3 is 1. The van der Waals surface area contributed by atoms with E-state index in [1.807, 2.05) is 0 Å². The van der Waals surface area contributed by atoms with Gasteiger partial charge in [0, 0.05) is 37.7 Å². The van der Waals surface area contributed by atoms with Gasteiger partial charge in [0.05, 0.1) is 12.1 Å². The number of amidine groups is 1. The molecule has 0 amide bonds. The first-order chi connectivity index (χ1) is 11.1. The molecule has 0 aliphatic carbocycles. The van der Waals surface area contributed by atoms with Crippen molar-refractivity contribution in [1.82, 2.24) is 9.88 Å². The highest BCUT2D eigenvalue weighted by Crippen LogP contribution is 2.34. The first-order valence-electron chi connectivity index (χ1n) is 7.99. The van der Waals surface area contributed by atoms with Crippen LogP contribution in [0.15, 0.2) is 28.2 Å². The first kappa shape index (κ1) is 16.3. The van der Waals surface area contributed by atoms with E-state index in [1.54, 1.807) is 18.9 Å². The van der Waals surface area contributed by atoms with Gasteiger partial charge >= 0.3 is 0 Å². The highest BCUT2D eigenvalue weighted by Gasteiger charge is 2.24. The van der Waals surface area contributed by atoms with Crippen LogP contribution < -0.4 is 0 Å². The van der Waals surface area contributed by atoms with E-state index in [1.165, 1.54) is 22.1 Å². The first-order valence-corrected chi connectivity index (χ1v) is 8.81. The fraction of sp³-hybridized carbons (Fsp3) is 0.444. The van der Waals surface area contributed by atoms with Crippen LogP contribution in [0.25, 0.3) is 10.9 Å². The van der Waals surface area contributed by atoms with Crippen molar-refractivity contribution in [3.05, 3.63) is 34.9 Å². The lowest BCUT2D eigenvalue weighted by molar-refractivity contribution is 0.174. The van der Waals surface area contributed by atoms with Gasteiger partial charge in [0.1, 0.15) is 5.03 Å². The lowest BCUT2D eigenvalue weighted by Crippen LogP contribution is -2.34. The van der Waals surface area contributed by atoms with Crippen LogP contribution in [-0.2, 0) is 11.3 Å².